The van der Waals surface area contributed by atoms with Crippen LogP contribution in [0.25, 0.3) is 0 Å². The molecule has 0 fully saturated rings. The van der Waals surface area contributed by atoms with Gasteiger partial charge in [0.1, 0.15) is 5.75 Å². The molecule has 2 aromatic rings. The lowest BCUT2D eigenvalue weighted by Gasteiger charge is -2.10. The number of rotatable bonds is 8. The van der Waals surface area contributed by atoms with Gasteiger partial charge in [0.05, 0.1) is 4.90 Å². The van der Waals surface area contributed by atoms with E-state index in [1.54, 1.807) is 23.1 Å². The van der Waals surface area contributed by atoms with Crippen molar-refractivity contribution in [3.8, 4) is 5.75 Å². The van der Waals surface area contributed by atoms with Crippen molar-refractivity contribution in [2.24, 2.45) is 0 Å². The van der Waals surface area contributed by atoms with Gasteiger partial charge in [-0.1, -0.05) is 0 Å². The first-order valence-corrected chi connectivity index (χ1v) is 10.3. The largest absolute Gasteiger partial charge is 0.573 e. The summed E-state index contributed by atoms with van der Waals surface area (Å²) >= 11 is 3.19. The molecule has 24 heavy (non-hydrogen) atoms. The Morgan fingerprint density at radius 1 is 1.17 bits per heavy atom. The molecule has 0 aliphatic heterocycles. The van der Waals surface area contributed by atoms with Gasteiger partial charge >= 0.3 is 6.36 Å². The molecule has 0 amide bonds. The molecule has 0 bridgehead atoms. The molecule has 2 rings (SSSR count). The lowest BCUT2D eigenvalue weighted by Crippen LogP contribution is -2.26. The highest BCUT2D eigenvalue weighted by atomic mass is 32.2. The molecule has 0 radical (unpaired) electrons. The van der Waals surface area contributed by atoms with Crippen LogP contribution in [0.15, 0.2) is 46.0 Å². The maximum atomic E-state index is 12.1. The molecule has 0 unspecified atom stereocenters. The van der Waals surface area contributed by atoms with Crippen LogP contribution in [0, 0.1) is 0 Å². The smallest absolute Gasteiger partial charge is 0.406 e. The van der Waals surface area contributed by atoms with Gasteiger partial charge in [-0.2, -0.15) is 23.1 Å². The molecule has 0 aliphatic rings. The van der Waals surface area contributed by atoms with Gasteiger partial charge in [0.2, 0.25) is 10.0 Å². The summed E-state index contributed by atoms with van der Waals surface area (Å²) in [6, 6.07) is 6.08. The van der Waals surface area contributed by atoms with Crippen LogP contribution in [-0.4, -0.2) is 27.1 Å². The Balaban J connectivity index is 1.81. The average molecular weight is 397 g/mol. The normalized spacial score (nSPS) is 12.3. The lowest BCUT2D eigenvalue weighted by atomic mass is 10.3. The highest BCUT2D eigenvalue weighted by molar-refractivity contribution is 7.98. The molecule has 0 saturated heterocycles. The maximum absolute atomic E-state index is 12.1. The van der Waals surface area contributed by atoms with Crippen molar-refractivity contribution in [1.82, 2.24) is 4.72 Å². The highest BCUT2D eigenvalue weighted by Crippen LogP contribution is 2.23. The fourth-order valence-electron chi connectivity index (χ4n) is 1.72. The van der Waals surface area contributed by atoms with Crippen LogP contribution in [-0.2, 0) is 15.8 Å². The summed E-state index contributed by atoms with van der Waals surface area (Å²) in [4.78, 5) is -0.111. The SMILES string of the molecule is O=S(=O)(NCCSCc1ccsc1)c1ccc(OC(F)(F)F)cc1. The summed E-state index contributed by atoms with van der Waals surface area (Å²) < 4.78 is 66.4. The van der Waals surface area contributed by atoms with E-state index in [0.29, 0.717) is 5.75 Å². The van der Waals surface area contributed by atoms with E-state index in [1.807, 2.05) is 16.8 Å². The van der Waals surface area contributed by atoms with Crippen LogP contribution in [0.5, 0.6) is 5.75 Å². The average Bonchev–Trinajstić information content (AvgIpc) is 2.99. The third-order valence-electron chi connectivity index (χ3n) is 2.75. The van der Waals surface area contributed by atoms with Crippen LogP contribution in [0.3, 0.4) is 0 Å². The van der Waals surface area contributed by atoms with E-state index in [-0.39, 0.29) is 11.4 Å². The number of hydrogen-bond acceptors (Lipinski definition) is 5. The van der Waals surface area contributed by atoms with Crippen molar-refractivity contribution in [3.63, 3.8) is 0 Å². The minimum atomic E-state index is -4.81. The zero-order valence-electron chi connectivity index (χ0n) is 12.2. The van der Waals surface area contributed by atoms with Crippen LogP contribution in [0.1, 0.15) is 5.56 Å². The second-order valence-corrected chi connectivity index (χ2v) is 8.25. The first kappa shape index (κ1) is 19.1. The Bertz CT molecular complexity index is 729. The van der Waals surface area contributed by atoms with E-state index in [2.05, 4.69) is 9.46 Å². The first-order chi connectivity index (χ1) is 11.3. The fraction of sp³-hybridized carbons (Fsp3) is 0.286. The number of nitrogens with one attached hydrogen (secondary N) is 1. The first-order valence-electron chi connectivity index (χ1n) is 6.70. The number of alkyl halides is 3. The zero-order valence-corrected chi connectivity index (χ0v) is 14.7. The molecule has 1 heterocycles. The standard InChI is InChI=1S/C14H14F3NO3S3/c15-14(16,17)21-12-1-3-13(4-2-12)24(19,20)18-6-8-23-10-11-5-7-22-9-11/h1-5,7,9,18H,6,8,10H2. The van der Waals surface area contributed by atoms with Crippen LogP contribution in [0.4, 0.5) is 13.2 Å². The summed E-state index contributed by atoms with van der Waals surface area (Å²) in [5.74, 6) is 0.923. The Hall–Kier alpha value is -1.23. The quantitative estimate of drug-likeness (QED) is 0.688. The van der Waals surface area contributed by atoms with Crippen molar-refractivity contribution in [3.05, 3.63) is 46.7 Å². The van der Waals surface area contributed by atoms with Crippen LogP contribution in [0.2, 0.25) is 0 Å². The lowest BCUT2D eigenvalue weighted by molar-refractivity contribution is -0.274. The number of sulfonamides is 1. The van der Waals surface area contributed by atoms with E-state index < -0.39 is 22.1 Å². The molecule has 0 saturated carbocycles. The summed E-state index contributed by atoms with van der Waals surface area (Å²) in [5, 5.41) is 4.01. The topological polar surface area (TPSA) is 55.4 Å². The summed E-state index contributed by atoms with van der Waals surface area (Å²) in [6.45, 7) is 0.234. The number of thiophene rings is 1. The Kier molecular flexibility index (Phi) is 6.55. The van der Waals surface area contributed by atoms with E-state index >= 15 is 0 Å². The van der Waals surface area contributed by atoms with Gasteiger partial charge in [-0.05, 0) is 46.7 Å². The minimum absolute atomic E-state index is 0.111. The summed E-state index contributed by atoms with van der Waals surface area (Å²) in [6.07, 6.45) is -4.81. The van der Waals surface area contributed by atoms with Gasteiger partial charge < -0.3 is 4.74 Å². The molecule has 1 aromatic heterocycles. The van der Waals surface area contributed by atoms with Crippen molar-refractivity contribution < 1.29 is 26.3 Å². The molecule has 0 aliphatic carbocycles. The predicted molar refractivity (Wildman–Crippen MR) is 88.8 cm³/mol. The van der Waals surface area contributed by atoms with Gasteiger partial charge in [0.25, 0.3) is 0 Å². The summed E-state index contributed by atoms with van der Waals surface area (Å²) in [7, 11) is -3.75. The number of ether oxygens (including phenoxy) is 1. The van der Waals surface area contributed by atoms with E-state index in [1.165, 1.54) is 5.56 Å². The van der Waals surface area contributed by atoms with Crippen molar-refractivity contribution in [2.45, 2.75) is 17.0 Å². The Morgan fingerprint density at radius 3 is 2.46 bits per heavy atom. The molecule has 4 nitrogen and oxygen atoms in total. The van der Waals surface area contributed by atoms with Crippen LogP contribution >= 0.6 is 23.1 Å². The van der Waals surface area contributed by atoms with Gasteiger partial charge in [-0.15, -0.1) is 13.2 Å². The Morgan fingerprint density at radius 2 is 1.88 bits per heavy atom. The molecular weight excluding hydrogens is 383 g/mol. The second-order valence-electron chi connectivity index (χ2n) is 4.60. The molecule has 132 valence electrons. The Labute approximate surface area is 146 Å². The van der Waals surface area contributed by atoms with E-state index in [4.69, 9.17) is 0 Å². The zero-order chi connectivity index (χ0) is 17.6. The predicted octanol–water partition coefficient (Wildman–Crippen LogP) is 3.86. The van der Waals surface area contributed by atoms with Gasteiger partial charge in [-0.25, -0.2) is 13.1 Å². The van der Waals surface area contributed by atoms with Crippen molar-refractivity contribution in [1.29, 1.82) is 0 Å². The van der Waals surface area contributed by atoms with Crippen LogP contribution < -0.4 is 9.46 Å². The van der Waals surface area contributed by atoms with Gasteiger partial charge in [-0.3, -0.25) is 0 Å². The van der Waals surface area contributed by atoms with E-state index in [0.717, 1.165) is 30.0 Å². The molecule has 10 heteroatoms. The van der Waals surface area contributed by atoms with Crippen molar-refractivity contribution >= 4 is 33.1 Å². The van der Waals surface area contributed by atoms with E-state index in [9.17, 15) is 21.6 Å². The maximum Gasteiger partial charge on any atom is 0.573 e. The molecule has 0 atom stereocenters. The molecule has 1 aromatic carbocycles. The molecule has 1 N–H and O–H groups in total. The van der Waals surface area contributed by atoms with Crippen molar-refractivity contribution in [2.75, 3.05) is 12.3 Å². The molecule has 0 spiro atoms. The third kappa shape index (κ3) is 6.34. The fourth-order valence-corrected chi connectivity index (χ4v) is 4.46. The second kappa shape index (κ2) is 8.24. The number of hydrogen-bond donors (Lipinski definition) is 1. The third-order valence-corrected chi connectivity index (χ3v) is 5.99. The highest BCUT2D eigenvalue weighted by Gasteiger charge is 2.31. The number of halogens is 3. The number of benzene rings is 1. The number of thioether (sulfide) groups is 1. The summed E-state index contributed by atoms with van der Waals surface area (Å²) in [5.41, 5.74) is 1.19. The molecular formula is C14H14F3NO3S3. The van der Waals surface area contributed by atoms with Gasteiger partial charge in [0.15, 0.2) is 0 Å². The minimum Gasteiger partial charge on any atom is -0.406 e. The monoisotopic (exact) mass is 397 g/mol. The van der Waals surface area contributed by atoms with Gasteiger partial charge in [0, 0.05) is 18.1 Å².